The second-order valence-corrected chi connectivity index (χ2v) is 17.2. The average Bonchev–Trinajstić information content (AvgIpc) is 3.76. The minimum atomic E-state index is -0.334. The number of aromatic nitrogens is 2. The van der Waals surface area contributed by atoms with Gasteiger partial charge in [0.1, 0.15) is 9.28 Å². The lowest BCUT2D eigenvalue weighted by atomic mass is 9.86. The standard InChI is InChI=1S/C37H42N4S7/c1-36(25-11-5-3-6-12-25,40-31(42)23-29-27(33(40)44)15-21-47-29)17-9-19-38-35(46)39-20-10-18-37(2,26-13-7-4-8-14-26)41-32(43)24-30-28(34(41)45)16-22-48-30/h3-8,11-14,23-24,44-45H,9-10,15-22H2,1-2H3,(H2,38,39,46). The van der Waals surface area contributed by atoms with Crippen molar-refractivity contribution in [1.82, 2.24) is 19.8 Å². The minimum absolute atomic E-state index is 0.334. The molecule has 2 aliphatic rings. The quantitative estimate of drug-likeness (QED) is 0.0650. The van der Waals surface area contributed by atoms with Gasteiger partial charge in [-0.3, -0.25) is 0 Å². The molecule has 0 spiro atoms. The van der Waals surface area contributed by atoms with Gasteiger partial charge in [0.05, 0.1) is 21.1 Å². The Morgan fingerprint density at radius 2 is 1.10 bits per heavy atom. The maximum atomic E-state index is 5.97. The SMILES string of the molecule is CC(CCCNC(=S)NCCCC(C)(c1ccccc1)n1c(S)c2c(cc1=S)SCC2)(c1ccccc1)n1c(S)c2c(cc1=S)SCC2. The number of thioether (sulfide) groups is 2. The van der Waals surface area contributed by atoms with E-state index in [-0.39, 0.29) is 11.1 Å². The Morgan fingerprint density at radius 1 is 0.708 bits per heavy atom. The van der Waals surface area contributed by atoms with Gasteiger partial charge < -0.3 is 19.8 Å². The highest BCUT2D eigenvalue weighted by atomic mass is 32.2. The molecule has 11 heteroatoms. The zero-order chi connectivity index (χ0) is 33.9. The smallest absolute Gasteiger partial charge is 0.166 e. The van der Waals surface area contributed by atoms with Crippen LogP contribution in [0.3, 0.4) is 0 Å². The number of rotatable bonds is 12. The van der Waals surface area contributed by atoms with E-state index in [0.29, 0.717) is 5.11 Å². The zero-order valence-corrected chi connectivity index (χ0v) is 33.2. The van der Waals surface area contributed by atoms with Crippen LogP contribution in [0.15, 0.2) is 92.6 Å². The van der Waals surface area contributed by atoms with Crippen molar-refractivity contribution >= 4 is 90.5 Å². The Balaban J connectivity index is 1.08. The first-order valence-electron chi connectivity index (χ1n) is 16.5. The number of thiocarbonyl (C=S) groups is 1. The van der Waals surface area contributed by atoms with Crippen molar-refractivity contribution in [1.29, 1.82) is 0 Å². The molecule has 0 aliphatic carbocycles. The molecule has 2 aliphatic heterocycles. The third-order valence-electron chi connectivity index (χ3n) is 9.76. The number of nitrogens with zero attached hydrogens (tertiary/aromatic N) is 2. The van der Waals surface area contributed by atoms with Crippen molar-refractivity contribution in [2.24, 2.45) is 0 Å². The van der Waals surface area contributed by atoms with Crippen LogP contribution in [0, 0.1) is 9.28 Å². The summed E-state index contributed by atoms with van der Waals surface area (Å²) in [5.41, 5.74) is 4.42. The lowest BCUT2D eigenvalue weighted by molar-refractivity contribution is 0.322. The second kappa shape index (κ2) is 15.7. The maximum absolute atomic E-state index is 5.97. The molecule has 6 rings (SSSR count). The van der Waals surface area contributed by atoms with E-state index < -0.39 is 0 Å². The third kappa shape index (κ3) is 7.34. The van der Waals surface area contributed by atoms with Crippen LogP contribution < -0.4 is 10.6 Å². The summed E-state index contributed by atoms with van der Waals surface area (Å²) in [6, 6.07) is 25.7. The Labute approximate surface area is 320 Å². The van der Waals surface area contributed by atoms with Crippen LogP contribution in [0.1, 0.15) is 61.8 Å². The highest BCUT2D eigenvalue weighted by Crippen LogP contribution is 2.42. The number of pyridine rings is 2. The summed E-state index contributed by atoms with van der Waals surface area (Å²) in [5.74, 6) is 2.17. The van der Waals surface area contributed by atoms with E-state index in [0.717, 1.165) is 82.5 Å². The molecule has 0 saturated heterocycles. The van der Waals surface area contributed by atoms with Crippen LogP contribution in [0.5, 0.6) is 0 Å². The predicted molar refractivity (Wildman–Crippen MR) is 219 cm³/mol. The summed E-state index contributed by atoms with van der Waals surface area (Å²) in [6.07, 6.45) is 5.67. The first-order valence-corrected chi connectivity index (χ1v) is 20.6. The fourth-order valence-corrected chi connectivity index (χ4v) is 11.9. The number of fused-ring (bicyclic) bond motifs is 2. The van der Waals surface area contributed by atoms with Crippen LogP contribution in [-0.4, -0.2) is 38.8 Å². The highest BCUT2D eigenvalue weighted by molar-refractivity contribution is 8.00. The summed E-state index contributed by atoms with van der Waals surface area (Å²) in [7, 11) is 0. The molecule has 2 aromatic heterocycles. The summed E-state index contributed by atoms with van der Waals surface area (Å²) in [5, 5.41) is 9.59. The molecule has 2 aromatic carbocycles. The van der Waals surface area contributed by atoms with Crippen LogP contribution in [-0.2, 0) is 23.9 Å². The molecule has 2 N–H and O–H groups in total. The molecular weight excluding hydrogens is 725 g/mol. The summed E-state index contributed by atoms with van der Waals surface area (Å²) >= 11 is 31.6. The summed E-state index contributed by atoms with van der Waals surface area (Å²) < 4.78 is 6.21. The van der Waals surface area contributed by atoms with Gasteiger partial charge in [-0.05, 0) is 99.0 Å². The van der Waals surface area contributed by atoms with Gasteiger partial charge >= 0.3 is 0 Å². The van der Waals surface area contributed by atoms with Gasteiger partial charge in [0.25, 0.3) is 0 Å². The van der Waals surface area contributed by atoms with Crippen molar-refractivity contribution in [3.05, 3.63) is 104 Å². The fourth-order valence-electron chi connectivity index (χ4n) is 7.13. The molecule has 4 nitrogen and oxygen atoms in total. The van der Waals surface area contributed by atoms with Crippen molar-refractivity contribution in [3.63, 3.8) is 0 Å². The van der Waals surface area contributed by atoms with Gasteiger partial charge in [-0.1, -0.05) is 85.1 Å². The molecule has 0 fully saturated rings. The molecule has 252 valence electrons. The first kappa shape index (κ1) is 36.1. The van der Waals surface area contributed by atoms with Crippen molar-refractivity contribution in [2.75, 3.05) is 24.6 Å². The monoisotopic (exact) mass is 766 g/mol. The zero-order valence-electron chi connectivity index (χ0n) is 27.3. The molecule has 2 atom stereocenters. The fraction of sp³-hybridized carbons (Fsp3) is 0.378. The Morgan fingerprint density at radius 3 is 1.50 bits per heavy atom. The van der Waals surface area contributed by atoms with Crippen LogP contribution in [0.25, 0.3) is 0 Å². The van der Waals surface area contributed by atoms with Crippen LogP contribution in [0.4, 0.5) is 0 Å². The van der Waals surface area contributed by atoms with Crippen molar-refractivity contribution in [3.8, 4) is 0 Å². The van der Waals surface area contributed by atoms with E-state index >= 15 is 0 Å². The lowest BCUT2D eigenvalue weighted by Gasteiger charge is -2.36. The Kier molecular flexibility index (Phi) is 11.8. The molecule has 4 heterocycles. The van der Waals surface area contributed by atoms with Crippen LogP contribution >= 0.6 is 85.4 Å². The van der Waals surface area contributed by atoms with E-state index in [1.54, 1.807) is 0 Å². The van der Waals surface area contributed by atoms with Gasteiger partial charge in [0.2, 0.25) is 0 Å². The normalized spacial score (nSPS) is 16.1. The molecular formula is C37H42N4S7. The van der Waals surface area contributed by atoms with E-state index in [9.17, 15) is 0 Å². The first-order chi connectivity index (χ1) is 23.1. The lowest BCUT2D eigenvalue weighted by Crippen LogP contribution is -2.39. The Hall–Kier alpha value is -1.73. The van der Waals surface area contributed by atoms with Gasteiger partial charge in [-0.2, -0.15) is 0 Å². The van der Waals surface area contributed by atoms with E-state index in [1.807, 2.05) is 23.5 Å². The number of hydrogen-bond acceptors (Lipinski definition) is 7. The highest BCUT2D eigenvalue weighted by Gasteiger charge is 2.33. The molecule has 0 radical (unpaired) electrons. The topological polar surface area (TPSA) is 33.9 Å². The van der Waals surface area contributed by atoms with Crippen molar-refractivity contribution in [2.45, 2.75) is 83.3 Å². The molecule has 4 aromatic rings. The van der Waals surface area contributed by atoms with Gasteiger partial charge in [0.15, 0.2) is 5.11 Å². The van der Waals surface area contributed by atoms with Gasteiger partial charge in [0, 0.05) is 34.4 Å². The molecule has 0 saturated carbocycles. The molecule has 0 bridgehead atoms. The third-order valence-corrected chi connectivity index (χ3v) is 13.8. The number of benzene rings is 2. The van der Waals surface area contributed by atoms with E-state index in [1.165, 1.54) is 32.0 Å². The van der Waals surface area contributed by atoms with Crippen molar-refractivity contribution < 1.29 is 0 Å². The maximum Gasteiger partial charge on any atom is 0.166 e. The number of hydrogen-bond donors (Lipinski definition) is 4. The number of nitrogens with one attached hydrogen (secondary N) is 2. The van der Waals surface area contributed by atoms with E-state index in [4.69, 9.17) is 61.9 Å². The second-order valence-electron chi connectivity index (χ2n) is 12.8. The molecule has 2 unspecified atom stereocenters. The summed E-state index contributed by atoms with van der Waals surface area (Å²) in [6.45, 7) is 6.10. The van der Waals surface area contributed by atoms with Gasteiger partial charge in [-0.25, -0.2) is 0 Å². The number of thiol groups is 2. The summed E-state index contributed by atoms with van der Waals surface area (Å²) in [4.78, 5) is 2.55. The molecule has 0 amide bonds. The molecule has 48 heavy (non-hydrogen) atoms. The Bertz CT molecular complexity index is 1770. The largest absolute Gasteiger partial charge is 0.363 e. The minimum Gasteiger partial charge on any atom is -0.363 e. The van der Waals surface area contributed by atoms with E-state index in [2.05, 4.69) is 106 Å². The predicted octanol–water partition coefficient (Wildman–Crippen LogP) is 9.87. The van der Waals surface area contributed by atoms with Gasteiger partial charge in [-0.15, -0.1) is 48.8 Å². The van der Waals surface area contributed by atoms with Crippen LogP contribution in [0.2, 0.25) is 0 Å². The average molecular weight is 767 g/mol.